The minimum absolute atomic E-state index is 0.349. The van der Waals surface area contributed by atoms with Gasteiger partial charge < -0.3 is 9.47 Å². The number of halogens is 2. The second kappa shape index (κ2) is 6.24. The summed E-state index contributed by atoms with van der Waals surface area (Å²) in [6.07, 6.45) is 0.0101. The van der Waals surface area contributed by atoms with Crippen LogP contribution in [0.3, 0.4) is 0 Å². The van der Waals surface area contributed by atoms with Gasteiger partial charge in [-0.15, -0.1) is 11.6 Å². The Bertz CT molecular complexity index is 594. The lowest BCUT2D eigenvalue weighted by Gasteiger charge is -2.27. The van der Waals surface area contributed by atoms with Crippen LogP contribution in [-0.2, 0) is 20.7 Å². The number of ether oxygens (including phenoxy) is 2. The maximum Gasteiger partial charge on any atom is 0.332 e. The molecule has 1 heterocycles. The molecule has 0 amide bonds. The van der Waals surface area contributed by atoms with Crippen LogP contribution in [0.5, 0.6) is 5.75 Å². The van der Waals surface area contributed by atoms with Crippen LogP contribution in [0.25, 0.3) is 0 Å². The standard InChI is InChI=1S/C16H18ClFO4/c1-16(2,3)22-15(20)13(17)14(19)12-6-4-9-8-10(18)5-7-11(9)21-12/h5,7-8,12-13H,4,6H2,1-3H3/t12-,13?/m0/s1. The summed E-state index contributed by atoms with van der Waals surface area (Å²) in [6, 6.07) is 4.11. The molecule has 6 heteroatoms. The van der Waals surface area contributed by atoms with E-state index in [2.05, 4.69) is 0 Å². The van der Waals surface area contributed by atoms with Crippen molar-refractivity contribution in [1.82, 2.24) is 0 Å². The summed E-state index contributed by atoms with van der Waals surface area (Å²) >= 11 is 5.91. The van der Waals surface area contributed by atoms with Crippen LogP contribution in [0.2, 0.25) is 0 Å². The highest BCUT2D eigenvalue weighted by molar-refractivity contribution is 6.41. The molecule has 0 aromatic heterocycles. The van der Waals surface area contributed by atoms with Gasteiger partial charge in [0.25, 0.3) is 0 Å². The second-order valence-electron chi connectivity index (χ2n) is 6.20. The van der Waals surface area contributed by atoms with Crippen molar-refractivity contribution in [2.75, 3.05) is 0 Å². The number of rotatable bonds is 3. The first-order chi connectivity index (χ1) is 10.2. The summed E-state index contributed by atoms with van der Waals surface area (Å²) in [4.78, 5) is 24.1. The smallest absolute Gasteiger partial charge is 0.332 e. The molecule has 0 saturated heterocycles. The summed E-state index contributed by atoms with van der Waals surface area (Å²) < 4.78 is 23.8. The molecule has 1 aliphatic heterocycles. The zero-order chi connectivity index (χ0) is 16.5. The quantitative estimate of drug-likeness (QED) is 0.486. The van der Waals surface area contributed by atoms with Crippen LogP contribution in [-0.4, -0.2) is 28.8 Å². The van der Waals surface area contributed by atoms with E-state index in [1.807, 2.05) is 0 Å². The first kappa shape index (κ1) is 16.7. The van der Waals surface area contributed by atoms with Gasteiger partial charge in [-0.1, -0.05) is 0 Å². The van der Waals surface area contributed by atoms with Gasteiger partial charge in [0.1, 0.15) is 17.2 Å². The van der Waals surface area contributed by atoms with E-state index in [0.717, 1.165) is 0 Å². The molecule has 1 unspecified atom stereocenters. The maximum atomic E-state index is 13.1. The number of aryl methyl sites for hydroxylation is 1. The summed E-state index contributed by atoms with van der Waals surface area (Å²) in [5.74, 6) is -1.23. The first-order valence-corrected chi connectivity index (χ1v) is 7.47. The van der Waals surface area contributed by atoms with Crippen LogP contribution in [0.1, 0.15) is 32.8 Å². The van der Waals surface area contributed by atoms with E-state index in [-0.39, 0.29) is 5.82 Å². The van der Waals surface area contributed by atoms with E-state index in [0.29, 0.717) is 24.2 Å². The Morgan fingerprint density at radius 1 is 1.41 bits per heavy atom. The van der Waals surface area contributed by atoms with Crippen molar-refractivity contribution in [2.24, 2.45) is 0 Å². The fourth-order valence-electron chi connectivity index (χ4n) is 2.19. The van der Waals surface area contributed by atoms with Gasteiger partial charge in [-0.25, -0.2) is 9.18 Å². The summed E-state index contributed by atoms with van der Waals surface area (Å²) in [5.41, 5.74) is -0.0189. The Morgan fingerprint density at radius 3 is 2.73 bits per heavy atom. The molecule has 0 saturated carbocycles. The average molecular weight is 329 g/mol. The summed E-state index contributed by atoms with van der Waals surface area (Å²) in [5, 5.41) is -1.41. The number of ketones is 1. The third kappa shape index (κ3) is 3.97. The molecule has 0 aliphatic carbocycles. The first-order valence-electron chi connectivity index (χ1n) is 7.03. The number of carbonyl (C=O) groups is 2. The summed E-state index contributed by atoms with van der Waals surface area (Å²) in [7, 11) is 0. The van der Waals surface area contributed by atoms with Crippen LogP contribution in [0.4, 0.5) is 4.39 Å². The number of hydrogen-bond donors (Lipinski definition) is 0. The molecule has 1 aromatic rings. The van der Waals surface area contributed by atoms with Crippen molar-refractivity contribution in [1.29, 1.82) is 0 Å². The zero-order valence-electron chi connectivity index (χ0n) is 12.7. The van der Waals surface area contributed by atoms with Gasteiger partial charge in [0, 0.05) is 0 Å². The Morgan fingerprint density at radius 2 is 2.09 bits per heavy atom. The number of esters is 1. The van der Waals surface area contributed by atoms with Crippen LogP contribution in [0, 0.1) is 5.82 Å². The minimum atomic E-state index is -1.41. The van der Waals surface area contributed by atoms with E-state index in [4.69, 9.17) is 21.1 Å². The number of Topliss-reactive ketones (excluding diaryl/α,β-unsaturated/α-hetero) is 1. The highest BCUT2D eigenvalue weighted by Gasteiger charge is 2.36. The zero-order valence-corrected chi connectivity index (χ0v) is 13.4. The number of fused-ring (bicyclic) bond motifs is 1. The second-order valence-corrected chi connectivity index (χ2v) is 6.63. The third-order valence-corrected chi connectivity index (χ3v) is 3.54. The van der Waals surface area contributed by atoms with Gasteiger partial charge >= 0.3 is 5.97 Å². The van der Waals surface area contributed by atoms with Crippen molar-refractivity contribution in [3.8, 4) is 5.75 Å². The lowest BCUT2D eigenvalue weighted by Crippen LogP contribution is -2.42. The van der Waals surface area contributed by atoms with E-state index in [9.17, 15) is 14.0 Å². The van der Waals surface area contributed by atoms with Crippen molar-refractivity contribution >= 4 is 23.4 Å². The van der Waals surface area contributed by atoms with Crippen LogP contribution in [0.15, 0.2) is 18.2 Å². The Labute approximate surface area is 133 Å². The maximum absolute atomic E-state index is 13.1. The molecule has 0 fully saturated rings. The monoisotopic (exact) mass is 328 g/mol. The predicted molar refractivity (Wildman–Crippen MR) is 79.6 cm³/mol. The molecule has 2 atom stereocenters. The van der Waals surface area contributed by atoms with Crippen molar-refractivity contribution in [3.63, 3.8) is 0 Å². The molecular formula is C16H18ClFO4. The average Bonchev–Trinajstić information content (AvgIpc) is 2.43. The van der Waals surface area contributed by atoms with E-state index in [1.165, 1.54) is 18.2 Å². The molecule has 4 nitrogen and oxygen atoms in total. The Kier molecular flexibility index (Phi) is 4.75. The fourth-order valence-corrected chi connectivity index (χ4v) is 2.38. The van der Waals surface area contributed by atoms with Gasteiger partial charge in [-0.3, -0.25) is 4.79 Å². The van der Waals surface area contributed by atoms with Gasteiger partial charge in [-0.05, 0) is 57.4 Å². The van der Waals surface area contributed by atoms with Gasteiger partial charge in [0.15, 0.2) is 11.5 Å². The van der Waals surface area contributed by atoms with E-state index >= 15 is 0 Å². The number of hydrogen-bond acceptors (Lipinski definition) is 4. The van der Waals surface area contributed by atoms with Crippen LogP contribution < -0.4 is 4.74 Å². The minimum Gasteiger partial charge on any atom is -0.482 e. The largest absolute Gasteiger partial charge is 0.482 e. The van der Waals surface area contributed by atoms with Gasteiger partial charge in [0.2, 0.25) is 5.78 Å². The molecule has 22 heavy (non-hydrogen) atoms. The van der Waals surface area contributed by atoms with Gasteiger partial charge in [0.05, 0.1) is 0 Å². The molecule has 0 radical (unpaired) electrons. The number of alkyl halides is 1. The summed E-state index contributed by atoms with van der Waals surface area (Å²) in [6.45, 7) is 5.09. The molecule has 1 aliphatic rings. The number of carbonyl (C=O) groups excluding carboxylic acids is 2. The van der Waals surface area contributed by atoms with Crippen molar-refractivity contribution in [2.45, 2.75) is 50.7 Å². The molecule has 0 spiro atoms. The van der Waals surface area contributed by atoms with Gasteiger partial charge in [-0.2, -0.15) is 0 Å². The highest BCUT2D eigenvalue weighted by Crippen LogP contribution is 2.29. The molecule has 0 bridgehead atoms. The topological polar surface area (TPSA) is 52.6 Å². The number of benzene rings is 1. The molecular weight excluding hydrogens is 311 g/mol. The van der Waals surface area contributed by atoms with Crippen molar-refractivity contribution < 1.29 is 23.5 Å². The van der Waals surface area contributed by atoms with Crippen LogP contribution >= 0.6 is 11.6 Å². The Hall–Kier alpha value is -1.62. The predicted octanol–water partition coefficient (Wildman–Crippen LogP) is 3.04. The molecule has 2 rings (SSSR count). The molecule has 120 valence electrons. The lowest BCUT2D eigenvalue weighted by atomic mass is 9.98. The van der Waals surface area contributed by atoms with E-state index < -0.39 is 28.8 Å². The van der Waals surface area contributed by atoms with Crippen molar-refractivity contribution in [3.05, 3.63) is 29.6 Å². The lowest BCUT2D eigenvalue weighted by molar-refractivity contribution is -0.156. The Balaban J connectivity index is 2.05. The van der Waals surface area contributed by atoms with E-state index in [1.54, 1.807) is 20.8 Å². The molecule has 0 N–H and O–H groups in total. The SMILES string of the molecule is CC(C)(C)OC(=O)C(Cl)C(=O)[C@@H]1CCc2cc(F)ccc2O1. The normalized spacial score (nSPS) is 18.9. The highest BCUT2D eigenvalue weighted by atomic mass is 35.5. The molecule has 1 aromatic carbocycles. The fraction of sp³-hybridized carbons (Fsp3) is 0.500. The third-order valence-electron chi connectivity index (χ3n) is 3.15.